The first-order chi connectivity index (χ1) is 52.1. The van der Waals surface area contributed by atoms with Crippen LogP contribution in [0.15, 0.2) is 394 Å². The lowest BCUT2D eigenvalue weighted by Gasteiger charge is -2.14. The predicted octanol–water partition coefficient (Wildman–Crippen LogP) is 25.4. The van der Waals surface area contributed by atoms with Crippen LogP contribution < -0.4 is 0 Å². The molecule has 21 aromatic rings. The molecular weight excluding hydrogens is 1280 g/mol. The van der Waals surface area contributed by atoms with E-state index in [0.29, 0.717) is 5.95 Å². The molecule has 0 fully saturated rings. The Labute approximate surface area is 606 Å². The van der Waals surface area contributed by atoms with Crippen molar-refractivity contribution in [1.29, 1.82) is 0 Å². The van der Waals surface area contributed by atoms with Gasteiger partial charge in [0.2, 0.25) is 5.95 Å². The van der Waals surface area contributed by atoms with E-state index < -0.39 is 0 Å². The number of hydrogen-bond donors (Lipinski definition) is 0. The summed E-state index contributed by atoms with van der Waals surface area (Å²) in [6, 6.07) is 139. The molecule has 7 nitrogen and oxygen atoms in total. The zero-order valence-corrected chi connectivity index (χ0v) is 57.2. The van der Waals surface area contributed by atoms with Gasteiger partial charge in [0.05, 0.1) is 66.9 Å². The van der Waals surface area contributed by atoms with Gasteiger partial charge >= 0.3 is 0 Å². The van der Waals surface area contributed by atoms with Gasteiger partial charge in [-0.05, 0) is 111 Å². The van der Waals surface area contributed by atoms with Crippen molar-refractivity contribution in [2.45, 2.75) is 0 Å². The number of aromatic nitrogens is 7. The Balaban J connectivity index is 0.000000108. The van der Waals surface area contributed by atoms with Crippen molar-refractivity contribution in [2.75, 3.05) is 0 Å². The van der Waals surface area contributed by atoms with Gasteiger partial charge in [0.1, 0.15) is 5.82 Å². The van der Waals surface area contributed by atoms with E-state index in [0.717, 1.165) is 78.1 Å². The smallest absolute Gasteiger partial charge is 0.235 e. The highest BCUT2D eigenvalue weighted by molar-refractivity contribution is 6.21. The fourth-order valence-corrected chi connectivity index (χ4v) is 15.3. The van der Waals surface area contributed by atoms with Crippen LogP contribution in [0.4, 0.5) is 0 Å². The van der Waals surface area contributed by atoms with Crippen LogP contribution in [-0.4, -0.2) is 33.6 Å². The average Bonchev–Trinajstić information content (AvgIpc) is 1.61. The summed E-state index contributed by atoms with van der Waals surface area (Å²) in [6.45, 7) is 0. The number of para-hydroxylation sites is 7. The van der Waals surface area contributed by atoms with E-state index in [1.54, 1.807) is 0 Å². The standard InChI is InChI=1S/2C33H22N2.C32H21N3/c1-2-10-23(11-3-1)24-18-20-25(21-19-24)30-22-33(28-14-4-7-15-29(28)34-30)35-31-16-8-5-12-26(31)27-13-6-9-17-32(27)35;1-2-9-23(10-3-1)24-17-19-26(20-18-24)29-14-8-16-32(34-29)35-30-15-7-6-13-28(30)33-27-12-5-4-11-25(27)21-22-31(33)35;1-2-10-22(11-3-1)23-18-20-24(21-19-23)31-27-14-4-7-15-28(27)33-32(34-31)35-29-16-8-5-12-25(29)26-13-6-9-17-30(26)35/h2*1-22H;1-21H. The number of pyridine rings is 2. The minimum Gasteiger partial charge on any atom is -0.308 e. The lowest BCUT2D eigenvalue weighted by Crippen LogP contribution is -2.03. The molecule has 0 aliphatic rings. The highest BCUT2D eigenvalue weighted by atomic mass is 15.2. The monoisotopic (exact) mass is 1340 g/mol. The molecule has 15 aromatic carbocycles. The Bertz CT molecular complexity index is 6690. The minimum atomic E-state index is 0.684. The van der Waals surface area contributed by atoms with Gasteiger partial charge < -0.3 is 4.57 Å². The lowest BCUT2D eigenvalue weighted by molar-refractivity contribution is 1.01. The third-order valence-corrected chi connectivity index (χ3v) is 20.3. The lowest BCUT2D eigenvalue weighted by atomic mass is 10.0. The zero-order valence-electron chi connectivity index (χ0n) is 57.2. The van der Waals surface area contributed by atoms with Crippen LogP contribution in [0.1, 0.15) is 0 Å². The quantitative estimate of drug-likeness (QED) is 0.144. The molecule has 6 aromatic heterocycles. The van der Waals surface area contributed by atoms with Crippen molar-refractivity contribution < 1.29 is 0 Å². The Morgan fingerprint density at radius 3 is 1.10 bits per heavy atom. The Kier molecular flexibility index (Phi) is 15.8. The summed E-state index contributed by atoms with van der Waals surface area (Å²) in [4.78, 5) is 20.4. The summed E-state index contributed by atoms with van der Waals surface area (Å²) in [5, 5.41) is 12.2. The second kappa shape index (κ2) is 26.8. The Hall–Kier alpha value is -14.1. The van der Waals surface area contributed by atoms with Crippen molar-refractivity contribution in [3.63, 3.8) is 0 Å². The van der Waals surface area contributed by atoms with E-state index >= 15 is 0 Å². The number of rotatable bonds is 9. The molecule has 0 saturated carbocycles. The number of nitrogens with zero attached hydrogens (tertiary/aromatic N) is 7. The zero-order chi connectivity index (χ0) is 69.6. The van der Waals surface area contributed by atoms with Crippen molar-refractivity contribution in [3.8, 4) is 84.6 Å². The fraction of sp³-hybridized carbons (Fsp3) is 0. The molecule has 0 unspecified atom stereocenters. The number of hydrogen-bond acceptors (Lipinski definition) is 4. The minimum absolute atomic E-state index is 0.684. The summed E-state index contributed by atoms with van der Waals surface area (Å²) in [5.74, 6) is 1.61. The number of benzene rings is 15. The second-order valence-electron chi connectivity index (χ2n) is 26.4. The molecule has 0 N–H and O–H groups in total. The van der Waals surface area contributed by atoms with Crippen LogP contribution in [-0.2, 0) is 0 Å². The van der Waals surface area contributed by atoms with E-state index in [2.05, 4.69) is 378 Å². The van der Waals surface area contributed by atoms with E-state index in [1.165, 1.54) is 98.5 Å². The van der Waals surface area contributed by atoms with Crippen molar-refractivity contribution >= 4 is 98.0 Å². The highest BCUT2D eigenvalue weighted by Gasteiger charge is 2.21. The summed E-state index contributed by atoms with van der Waals surface area (Å²) < 4.78 is 6.86. The molecule has 0 bridgehead atoms. The van der Waals surface area contributed by atoms with Crippen LogP contribution in [0.2, 0.25) is 0 Å². The summed E-state index contributed by atoms with van der Waals surface area (Å²) >= 11 is 0. The molecule has 105 heavy (non-hydrogen) atoms. The second-order valence-corrected chi connectivity index (χ2v) is 26.4. The van der Waals surface area contributed by atoms with Gasteiger partial charge in [0, 0.05) is 59.8 Å². The third kappa shape index (κ3) is 11.4. The van der Waals surface area contributed by atoms with E-state index in [9.17, 15) is 0 Å². The van der Waals surface area contributed by atoms with Crippen LogP contribution in [0.25, 0.3) is 183 Å². The largest absolute Gasteiger partial charge is 0.308 e. The van der Waals surface area contributed by atoms with Crippen LogP contribution in [0.5, 0.6) is 0 Å². The van der Waals surface area contributed by atoms with E-state index in [1.807, 2.05) is 30.3 Å². The molecule has 0 radical (unpaired) electrons. The van der Waals surface area contributed by atoms with Gasteiger partial charge in [0.25, 0.3) is 0 Å². The first kappa shape index (κ1) is 61.9. The maximum absolute atomic E-state index is 5.17. The molecule has 0 aliphatic carbocycles. The molecule has 6 heterocycles. The molecule has 7 heteroatoms. The Morgan fingerprint density at radius 1 is 0.190 bits per heavy atom. The molecule has 0 atom stereocenters. The van der Waals surface area contributed by atoms with Gasteiger partial charge in [-0.1, -0.05) is 328 Å². The first-order valence-electron chi connectivity index (χ1n) is 35.6. The first-order valence-corrected chi connectivity index (χ1v) is 35.6. The van der Waals surface area contributed by atoms with E-state index in [-0.39, 0.29) is 0 Å². The summed E-state index contributed by atoms with van der Waals surface area (Å²) in [7, 11) is 0. The maximum atomic E-state index is 5.17. The maximum Gasteiger partial charge on any atom is 0.235 e. The molecular formula is C98H65N7. The molecule has 492 valence electrons. The van der Waals surface area contributed by atoms with Crippen LogP contribution in [0, 0.1) is 0 Å². The summed E-state index contributed by atoms with van der Waals surface area (Å²) in [5.41, 5.74) is 23.5. The van der Waals surface area contributed by atoms with Gasteiger partial charge in [-0.2, -0.15) is 0 Å². The van der Waals surface area contributed by atoms with Crippen LogP contribution in [0.3, 0.4) is 0 Å². The van der Waals surface area contributed by atoms with Gasteiger partial charge in [-0.3, -0.25) is 9.13 Å². The molecule has 0 aliphatic heterocycles. The van der Waals surface area contributed by atoms with Crippen LogP contribution >= 0.6 is 0 Å². The van der Waals surface area contributed by atoms with Gasteiger partial charge in [0.15, 0.2) is 0 Å². The summed E-state index contributed by atoms with van der Waals surface area (Å²) in [6.07, 6.45) is 0. The normalized spacial score (nSPS) is 11.4. The topological polar surface area (TPSA) is 66.3 Å². The van der Waals surface area contributed by atoms with E-state index in [4.69, 9.17) is 19.9 Å². The molecule has 0 saturated heterocycles. The molecule has 0 spiro atoms. The molecule has 21 rings (SSSR count). The van der Waals surface area contributed by atoms with Gasteiger partial charge in [-0.15, -0.1) is 0 Å². The predicted molar refractivity (Wildman–Crippen MR) is 439 cm³/mol. The third-order valence-electron chi connectivity index (χ3n) is 20.3. The SMILES string of the molecule is c1ccc(-c2ccc(-c3cc(-n4c5ccccc5c5ccccc54)c4ccccc4n3)cc2)cc1.c1ccc(-c2ccc(-c3cccc(-n4c5ccccc5c5c6ccccc6ccc54)n3)cc2)cc1.c1ccc(-c2ccc(-c3nc(-n4c5ccccc5c5ccccc54)nc4ccccc34)cc2)cc1. The van der Waals surface area contributed by atoms with Crippen molar-refractivity contribution in [3.05, 3.63) is 394 Å². The van der Waals surface area contributed by atoms with Gasteiger partial charge in [-0.25, -0.2) is 19.9 Å². The average molecular weight is 1340 g/mol. The Morgan fingerprint density at radius 2 is 0.571 bits per heavy atom. The highest BCUT2D eigenvalue weighted by Crippen LogP contribution is 2.41. The molecule has 0 amide bonds. The fourth-order valence-electron chi connectivity index (χ4n) is 15.3. The van der Waals surface area contributed by atoms with Crippen molar-refractivity contribution in [1.82, 2.24) is 33.6 Å². The van der Waals surface area contributed by atoms with Crippen molar-refractivity contribution in [2.24, 2.45) is 0 Å². The number of fused-ring (bicyclic) bond motifs is 13.